The lowest BCUT2D eigenvalue weighted by Gasteiger charge is -2.60. The van der Waals surface area contributed by atoms with E-state index in [9.17, 15) is 45.3 Å². The van der Waals surface area contributed by atoms with Crippen LogP contribution in [0.25, 0.3) is 0 Å². The van der Waals surface area contributed by atoms with Crippen LogP contribution in [0.15, 0.2) is 11.6 Å². The van der Waals surface area contributed by atoms with E-state index in [0.717, 1.165) is 58.8 Å². The molecule has 19 heteroatoms. The van der Waals surface area contributed by atoms with E-state index in [4.69, 9.17) is 47.4 Å². The highest BCUT2D eigenvalue weighted by Gasteiger charge is 2.76. The van der Waals surface area contributed by atoms with E-state index in [1.165, 1.54) is 12.5 Å². The number of allylic oxidation sites excluding steroid dienone is 1. The second-order valence-corrected chi connectivity index (χ2v) is 21.9. The van der Waals surface area contributed by atoms with Gasteiger partial charge in [-0.05, 0) is 87.4 Å². The summed E-state index contributed by atoms with van der Waals surface area (Å²) in [5.74, 6) is -0.953. The van der Waals surface area contributed by atoms with Crippen molar-refractivity contribution in [1.29, 1.82) is 0 Å². The number of esters is 2. The number of aliphatic hydroxyl groups is 7. The van der Waals surface area contributed by atoms with Gasteiger partial charge in [-0.1, -0.05) is 39.3 Å². The van der Waals surface area contributed by atoms with Gasteiger partial charge in [0.15, 0.2) is 36.9 Å². The molecule has 0 aromatic heterocycles. The number of rotatable bonds is 9. The average Bonchev–Trinajstić information content (AvgIpc) is 3.64. The average molecular weight is 955 g/mol. The Morgan fingerprint density at radius 1 is 0.761 bits per heavy atom. The second kappa shape index (κ2) is 18.6. The second-order valence-electron chi connectivity index (χ2n) is 21.9. The van der Waals surface area contributed by atoms with Crippen molar-refractivity contribution in [2.24, 2.45) is 40.4 Å². The number of fused-ring (bicyclic) bond motifs is 7. The van der Waals surface area contributed by atoms with Crippen molar-refractivity contribution in [2.45, 2.75) is 216 Å². The number of ether oxygens (including phenoxy) is 10. The van der Waals surface area contributed by atoms with Crippen molar-refractivity contribution in [1.82, 2.24) is 0 Å². The lowest BCUT2D eigenvalue weighted by atomic mass is 9.46. The van der Waals surface area contributed by atoms with E-state index in [-0.39, 0.29) is 28.8 Å². The molecule has 3 saturated carbocycles. The Hall–Kier alpha value is -1.92. The molecule has 4 aliphatic carbocycles. The van der Waals surface area contributed by atoms with Crippen molar-refractivity contribution < 1.29 is 92.7 Å². The predicted octanol–water partition coefficient (Wildman–Crippen LogP) is 1.11. The fraction of sp³-hybridized carbons (Fsp3) is 0.917. The summed E-state index contributed by atoms with van der Waals surface area (Å²) >= 11 is 0. The topological polar surface area (TPSA) is 268 Å². The van der Waals surface area contributed by atoms with Crippen molar-refractivity contribution in [2.75, 3.05) is 19.8 Å². The van der Waals surface area contributed by atoms with Crippen LogP contribution in [0.4, 0.5) is 0 Å². The molecule has 1 spiro atoms. The summed E-state index contributed by atoms with van der Waals surface area (Å²) in [5.41, 5.74) is -0.209. The maximum absolute atomic E-state index is 12.8. The molecule has 0 unspecified atom stereocenters. The van der Waals surface area contributed by atoms with Gasteiger partial charge in [-0.2, -0.15) is 0 Å². The van der Waals surface area contributed by atoms with Gasteiger partial charge in [0, 0.05) is 31.6 Å². The molecule has 5 aliphatic heterocycles. The first kappa shape index (κ1) is 50.0. The van der Waals surface area contributed by atoms with Crippen LogP contribution < -0.4 is 0 Å². The monoisotopic (exact) mass is 954 g/mol. The van der Waals surface area contributed by atoms with Gasteiger partial charge in [-0.15, -0.1) is 0 Å². The highest BCUT2D eigenvalue weighted by Crippen LogP contribution is 2.72. The number of hydrogen-bond donors (Lipinski definition) is 7. The largest absolute Gasteiger partial charge is 0.457 e. The molecular weight excluding hydrogens is 881 g/mol. The summed E-state index contributed by atoms with van der Waals surface area (Å²) in [5, 5.41) is 78.3. The van der Waals surface area contributed by atoms with Crippen LogP contribution in [0.2, 0.25) is 0 Å². The van der Waals surface area contributed by atoms with Crippen LogP contribution in [0.1, 0.15) is 106 Å². The zero-order valence-electron chi connectivity index (χ0n) is 39.7. The van der Waals surface area contributed by atoms with Crippen LogP contribution in [0, 0.1) is 40.4 Å². The van der Waals surface area contributed by atoms with Gasteiger partial charge in [0.25, 0.3) is 0 Å². The summed E-state index contributed by atoms with van der Waals surface area (Å²) in [6, 6.07) is 0. The van der Waals surface area contributed by atoms with Gasteiger partial charge in [-0.3, -0.25) is 9.59 Å². The first-order valence-electron chi connectivity index (χ1n) is 24.6. The van der Waals surface area contributed by atoms with E-state index in [2.05, 4.69) is 33.8 Å². The van der Waals surface area contributed by atoms with Gasteiger partial charge < -0.3 is 83.1 Å². The molecule has 9 rings (SSSR count). The maximum Gasteiger partial charge on any atom is 0.303 e. The Morgan fingerprint density at radius 3 is 2.13 bits per heavy atom. The molecule has 5 heterocycles. The van der Waals surface area contributed by atoms with Crippen molar-refractivity contribution in [3.8, 4) is 0 Å². The number of carbonyl (C=O) groups is 2. The Morgan fingerprint density at radius 2 is 1.45 bits per heavy atom. The molecule has 8 fully saturated rings. The molecule has 67 heavy (non-hydrogen) atoms. The van der Waals surface area contributed by atoms with Crippen molar-refractivity contribution in [3.05, 3.63) is 11.6 Å². The summed E-state index contributed by atoms with van der Waals surface area (Å²) in [6.45, 7) is 12.3. The fourth-order valence-corrected chi connectivity index (χ4v) is 14.3. The minimum atomic E-state index is -1.74. The number of aliphatic hydroxyl groups excluding tert-OH is 6. The SMILES string of the molecule is CC(=O)O[C@@H]1[C@@H](O)[C@@H](OC(C)=O)[C@H](O[C@H]2[C@H](O[C@H]3CC[C@@]4(C)C(=CC[C@@H]5[C@@H]4CC[C@@]4(C)[C@H]5C[C@@H]5O[C@]6(CC[C@@H](C)CO6)[C@@H](C)[C@@]54O)C3)O[C@H](CO)[C@@H](O[C@@H]3OC[C@@H](O)[C@H](O)[C@H]3O)[C@@H]2O)O[C@H]1C. The molecule has 0 bridgehead atoms. The molecule has 0 aromatic carbocycles. The smallest absolute Gasteiger partial charge is 0.303 e. The Balaban J connectivity index is 0.945. The third-order valence-electron chi connectivity index (χ3n) is 18.1. The lowest BCUT2D eigenvalue weighted by Crippen LogP contribution is -2.66. The van der Waals surface area contributed by atoms with Gasteiger partial charge in [0.05, 0.1) is 38.1 Å². The van der Waals surface area contributed by atoms with E-state index in [1.807, 2.05) is 0 Å². The van der Waals surface area contributed by atoms with Crippen molar-refractivity contribution >= 4 is 11.9 Å². The Kier molecular flexibility index (Phi) is 13.9. The minimum Gasteiger partial charge on any atom is -0.457 e. The summed E-state index contributed by atoms with van der Waals surface area (Å²) in [6.07, 6.45) is -12.0. The van der Waals surface area contributed by atoms with Crippen molar-refractivity contribution in [3.63, 3.8) is 0 Å². The molecular formula is C48H74O19. The predicted molar refractivity (Wildman–Crippen MR) is 229 cm³/mol. The van der Waals surface area contributed by atoms with E-state index < -0.39 is 129 Å². The molecule has 25 atom stereocenters. The lowest BCUT2D eigenvalue weighted by molar-refractivity contribution is -0.386. The minimum absolute atomic E-state index is 0.146. The molecule has 0 aromatic rings. The maximum atomic E-state index is 12.8. The van der Waals surface area contributed by atoms with Gasteiger partial charge in [0.1, 0.15) is 54.4 Å². The Bertz CT molecular complexity index is 1840. The third-order valence-corrected chi connectivity index (χ3v) is 18.1. The summed E-state index contributed by atoms with van der Waals surface area (Å²) in [4.78, 5) is 24.3. The highest BCUT2D eigenvalue weighted by atomic mass is 16.8. The zero-order chi connectivity index (χ0) is 48.1. The third kappa shape index (κ3) is 8.34. The number of carbonyl (C=O) groups excluding carboxylic acids is 2. The molecule has 5 saturated heterocycles. The molecule has 380 valence electrons. The van der Waals surface area contributed by atoms with Crippen LogP contribution in [0.5, 0.6) is 0 Å². The standard InChI is InChI=1S/C48H74O19/c1-21-10-15-47(59-19-21)23(3)48(57)33(67-47)17-30-28-9-8-26-16-27(11-13-45(26,6)29(28)12-14-46(30,48)7)63-44-41(66-43-40(62-25(5)51)36(55)38(22(2)60-43)61-24(4)50)37(56)39(32(18-49)64-44)65-42-35(54)34(53)31(52)20-58-42/h8,21-23,27-44,49,52-57H,9-20H2,1-7H3/t21-,22+,23-,27+,28-,29+,30+,31-,32-,33+,34+,35-,36-,37+,38+,39-,40-,41-,42+,43+,44-,45+,46+,47-,48-/m1/s1. The Labute approximate surface area is 391 Å². The summed E-state index contributed by atoms with van der Waals surface area (Å²) in [7, 11) is 0. The van der Waals surface area contributed by atoms with Crippen LogP contribution in [0.3, 0.4) is 0 Å². The van der Waals surface area contributed by atoms with E-state index in [0.29, 0.717) is 37.2 Å². The molecule has 0 amide bonds. The number of hydrogen-bond acceptors (Lipinski definition) is 19. The van der Waals surface area contributed by atoms with Crippen LogP contribution in [-0.2, 0) is 57.0 Å². The zero-order valence-corrected chi connectivity index (χ0v) is 39.7. The first-order valence-corrected chi connectivity index (χ1v) is 24.6. The quantitative estimate of drug-likeness (QED) is 0.126. The highest BCUT2D eigenvalue weighted by molar-refractivity contribution is 5.67. The van der Waals surface area contributed by atoms with E-state index >= 15 is 0 Å². The van der Waals surface area contributed by atoms with Gasteiger partial charge in [0.2, 0.25) is 0 Å². The molecule has 0 radical (unpaired) electrons. The van der Waals surface area contributed by atoms with Gasteiger partial charge in [-0.25, -0.2) is 0 Å². The molecule has 19 nitrogen and oxygen atoms in total. The van der Waals surface area contributed by atoms with Crippen LogP contribution in [-0.4, -0.2) is 177 Å². The first-order chi connectivity index (χ1) is 31.6. The van der Waals surface area contributed by atoms with Crippen LogP contribution >= 0.6 is 0 Å². The normalized spacial score (nSPS) is 54.0. The molecule has 7 N–H and O–H groups in total. The fourth-order valence-electron chi connectivity index (χ4n) is 14.3. The van der Waals surface area contributed by atoms with Gasteiger partial charge >= 0.3 is 11.9 Å². The van der Waals surface area contributed by atoms with E-state index in [1.54, 1.807) is 0 Å². The summed E-state index contributed by atoms with van der Waals surface area (Å²) < 4.78 is 61.2. The molecule has 9 aliphatic rings.